The molecule has 0 spiro atoms. The number of hydrogen-bond donors (Lipinski definition) is 2. The Bertz CT molecular complexity index is 1210. The van der Waals surface area contributed by atoms with E-state index in [-0.39, 0.29) is 27.7 Å². The monoisotopic (exact) mass is 475 g/mol. The maximum absolute atomic E-state index is 12.9. The van der Waals surface area contributed by atoms with E-state index in [1.807, 2.05) is 30.3 Å². The summed E-state index contributed by atoms with van der Waals surface area (Å²) in [6.07, 6.45) is -4.56. The van der Waals surface area contributed by atoms with Crippen LogP contribution in [0.1, 0.15) is 16.7 Å². The number of carbonyl (C=O) groups excluding carboxylic acids is 1. The summed E-state index contributed by atoms with van der Waals surface area (Å²) in [6, 6.07) is 16.4. The van der Waals surface area contributed by atoms with E-state index in [9.17, 15) is 22.8 Å². The van der Waals surface area contributed by atoms with Crippen molar-refractivity contribution in [2.75, 3.05) is 5.32 Å². The fraction of sp³-hybridized carbons (Fsp3) is 0.0833. The first-order chi connectivity index (χ1) is 15.6. The van der Waals surface area contributed by atoms with Gasteiger partial charge in [-0.1, -0.05) is 48.5 Å². The minimum Gasteiger partial charge on any atom is -0.475 e. The Morgan fingerprint density at radius 2 is 1.73 bits per heavy atom. The summed E-state index contributed by atoms with van der Waals surface area (Å²) in [5, 5.41) is 11.9. The van der Waals surface area contributed by atoms with Crippen LogP contribution in [0.5, 0.6) is 11.5 Å². The van der Waals surface area contributed by atoms with Gasteiger partial charge in [0.05, 0.1) is 10.6 Å². The van der Waals surface area contributed by atoms with E-state index in [2.05, 4.69) is 11.9 Å². The number of ether oxygens (including phenoxy) is 1. The van der Waals surface area contributed by atoms with Crippen molar-refractivity contribution in [3.05, 3.63) is 95.0 Å². The van der Waals surface area contributed by atoms with Crippen LogP contribution in [0.15, 0.2) is 73.3 Å². The number of rotatable bonds is 8. The van der Waals surface area contributed by atoms with Gasteiger partial charge in [-0.05, 0) is 42.0 Å². The summed E-state index contributed by atoms with van der Waals surface area (Å²) >= 11 is 5.94. The van der Waals surface area contributed by atoms with E-state index in [0.29, 0.717) is 12.2 Å². The van der Waals surface area contributed by atoms with E-state index in [4.69, 9.17) is 21.4 Å². The quantitative estimate of drug-likeness (QED) is 0.290. The Kier molecular flexibility index (Phi) is 7.08. The second kappa shape index (κ2) is 9.79. The maximum Gasteiger partial charge on any atom is 0.416 e. The smallest absolute Gasteiger partial charge is 0.416 e. The minimum atomic E-state index is -4.56. The molecule has 0 saturated heterocycles. The second-order valence-electron chi connectivity index (χ2n) is 6.90. The Hall–Kier alpha value is -3.78. The van der Waals surface area contributed by atoms with Crippen LogP contribution in [0.25, 0.3) is 5.57 Å². The van der Waals surface area contributed by atoms with Crippen molar-refractivity contribution < 1.29 is 32.6 Å². The number of ketones is 1. The Morgan fingerprint density at radius 3 is 2.33 bits per heavy atom. The molecule has 0 saturated carbocycles. The molecule has 3 rings (SSSR count). The molecule has 33 heavy (non-hydrogen) atoms. The number of hydrogen-bond acceptors (Lipinski definition) is 4. The lowest BCUT2D eigenvalue weighted by atomic mass is 10.0. The average Bonchev–Trinajstić information content (AvgIpc) is 2.78. The van der Waals surface area contributed by atoms with Crippen molar-refractivity contribution >= 4 is 34.6 Å². The first-order valence-electron chi connectivity index (χ1n) is 9.49. The summed E-state index contributed by atoms with van der Waals surface area (Å²) in [5.74, 6) is -2.80. The first kappa shape index (κ1) is 23.9. The molecule has 5 nitrogen and oxygen atoms in total. The molecule has 0 fully saturated rings. The zero-order valence-corrected chi connectivity index (χ0v) is 17.7. The lowest BCUT2D eigenvalue weighted by Gasteiger charge is -2.16. The molecule has 3 aromatic carbocycles. The molecule has 3 aromatic rings. The number of nitrogens with one attached hydrogen (secondary N) is 1. The van der Waals surface area contributed by atoms with Crippen molar-refractivity contribution in [1.82, 2.24) is 0 Å². The molecule has 9 heteroatoms. The van der Waals surface area contributed by atoms with Crippen LogP contribution in [0.3, 0.4) is 0 Å². The van der Waals surface area contributed by atoms with Gasteiger partial charge in [0.2, 0.25) is 0 Å². The summed E-state index contributed by atoms with van der Waals surface area (Å²) in [4.78, 5) is 23.2. The average molecular weight is 476 g/mol. The van der Waals surface area contributed by atoms with Gasteiger partial charge < -0.3 is 15.2 Å². The zero-order valence-electron chi connectivity index (χ0n) is 16.9. The third-order valence-electron chi connectivity index (χ3n) is 4.60. The van der Waals surface area contributed by atoms with Crippen molar-refractivity contribution in [1.29, 1.82) is 0 Å². The molecule has 0 radical (unpaired) electrons. The van der Waals surface area contributed by atoms with Crippen LogP contribution in [-0.2, 0) is 22.3 Å². The Balaban J connectivity index is 1.92. The molecule has 0 unspecified atom stereocenters. The fourth-order valence-corrected chi connectivity index (χ4v) is 3.14. The van der Waals surface area contributed by atoms with Crippen LogP contribution in [0, 0.1) is 0 Å². The number of alkyl halides is 3. The number of anilines is 1. The largest absolute Gasteiger partial charge is 0.475 e. The van der Waals surface area contributed by atoms with Crippen LogP contribution >= 0.6 is 11.6 Å². The normalized spacial score (nSPS) is 11.0. The van der Waals surface area contributed by atoms with Gasteiger partial charge in [0.15, 0.2) is 0 Å². The highest BCUT2D eigenvalue weighted by Crippen LogP contribution is 2.37. The molecule has 0 bridgehead atoms. The number of carbonyl (C=O) groups is 2. The molecule has 0 aromatic heterocycles. The standard InChI is InChI=1S/C24H17ClF3NO4/c1-14(22(30)23(31)32)18-12-17(8-9-20(18)29-13-15-5-3-2-4-6-15)33-21-10-7-16(11-19(21)25)24(26,27)28/h2-12,29H,1,13H2,(H,31,32). The van der Waals surface area contributed by atoms with Crippen molar-refractivity contribution in [3.8, 4) is 11.5 Å². The van der Waals surface area contributed by atoms with Gasteiger partial charge in [-0.25, -0.2) is 4.79 Å². The highest BCUT2D eigenvalue weighted by Gasteiger charge is 2.31. The number of halogens is 4. The van der Waals surface area contributed by atoms with E-state index >= 15 is 0 Å². The Morgan fingerprint density at radius 1 is 1.03 bits per heavy atom. The van der Waals surface area contributed by atoms with Gasteiger partial charge in [-0.2, -0.15) is 13.2 Å². The van der Waals surface area contributed by atoms with Gasteiger partial charge in [-0.15, -0.1) is 0 Å². The topological polar surface area (TPSA) is 75.6 Å². The number of aliphatic carboxylic acids is 1. The SMILES string of the molecule is C=C(C(=O)C(=O)O)c1cc(Oc2ccc(C(F)(F)F)cc2Cl)ccc1NCc1ccccc1. The van der Waals surface area contributed by atoms with Gasteiger partial charge in [0.1, 0.15) is 11.5 Å². The van der Waals surface area contributed by atoms with E-state index in [1.54, 1.807) is 6.07 Å². The third-order valence-corrected chi connectivity index (χ3v) is 4.89. The van der Waals surface area contributed by atoms with E-state index < -0.39 is 23.5 Å². The van der Waals surface area contributed by atoms with Crippen molar-refractivity contribution in [2.45, 2.75) is 12.7 Å². The molecular formula is C24H17ClF3NO4. The summed E-state index contributed by atoms with van der Waals surface area (Å²) in [6.45, 7) is 3.97. The van der Waals surface area contributed by atoms with E-state index in [1.165, 1.54) is 12.1 Å². The summed E-state index contributed by atoms with van der Waals surface area (Å²) in [5.41, 5.74) is 0.308. The number of benzene rings is 3. The highest BCUT2D eigenvalue weighted by atomic mass is 35.5. The van der Waals surface area contributed by atoms with Crippen LogP contribution in [0.4, 0.5) is 18.9 Å². The number of carboxylic acid groups (broad SMARTS) is 1. The summed E-state index contributed by atoms with van der Waals surface area (Å²) < 4.78 is 44.2. The van der Waals surface area contributed by atoms with Crippen LogP contribution in [0.2, 0.25) is 5.02 Å². The van der Waals surface area contributed by atoms with Gasteiger partial charge >= 0.3 is 12.1 Å². The molecular weight excluding hydrogens is 459 g/mol. The first-order valence-corrected chi connectivity index (χ1v) is 9.87. The van der Waals surface area contributed by atoms with Gasteiger partial charge in [-0.3, -0.25) is 4.79 Å². The van der Waals surface area contributed by atoms with Crippen LogP contribution in [-0.4, -0.2) is 16.9 Å². The molecule has 0 aliphatic rings. The van der Waals surface area contributed by atoms with Gasteiger partial charge in [0, 0.05) is 23.4 Å². The zero-order chi connectivity index (χ0) is 24.2. The molecule has 0 atom stereocenters. The molecule has 170 valence electrons. The molecule has 2 N–H and O–H groups in total. The number of carboxylic acids is 1. The van der Waals surface area contributed by atoms with Crippen LogP contribution < -0.4 is 10.1 Å². The molecule has 0 aliphatic heterocycles. The minimum absolute atomic E-state index is 0.0456. The van der Waals surface area contributed by atoms with E-state index in [0.717, 1.165) is 23.8 Å². The Labute approximate surface area is 192 Å². The maximum atomic E-state index is 12.9. The van der Waals surface area contributed by atoms with Crippen molar-refractivity contribution in [3.63, 3.8) is 0 Å². The lowest BCUT2D eigenvalue weighted by Crippen LogP contribution is -2.15. The number of Topliss-reactive ketones (excluding diaryl/α,β-unsaturated/α-hetero) is 1. The predicted octanol–water partition coefficient (Wildman–Crippen LogP) is 6.43. The molecule has 0 heterocycles. The van der Waals surface area contributed by atoms with Gasteiger partial charge in [0.25, 0.3) is 5.78 Å². The summed E-state index contributed by atoms with van der Waals surface area (Å²) in [7, 11) is 0. The molecule has 0 amide bonds. The second-order valence-corrected chi connectivity index (χ2v) is 7.31. The fourth-order valence-electron chi connectivity index (χ4n) is 2.92. The third kappa shape index (κ3) is 5.93. The van der Waals surface area contributed by atoms with Crippen molar-refractivity contribution in [2.24, 2.45) is 0 Å². The predicted molar refractivity (Wildman–Crippen MR) is 118 cm³/mol. The highest BCUT2D eigenvalue weighted by molar-refractivity contribution is 6.51. The molecule has 0 aliphatic carbocycles. The lowest BCUT2D eigenvalue weighted by molar-refractivity contribution is -0.146.